The van der Waals surface area contributed by atoms with E-state index in [1.165, 1.54) is 12.8 Å². The summed E-state index contributed by atoms with van der Waals surface area (Å²) < 4.78 is 11.3. The fourth-order valence-corrected chi connectivity index (χ4v) is 2.01. The SMILES string of the molecule is Cc1cc(N)ccc1OCCC1CCCO1. The minimum Gasteiger partial charge on any atom is -0.493 e. The smallest absolute Gasteiger partial charge is 0.122 e. The molecule has 1 aliphatic rings. The summed E-state index contributed by atoms with van der Waals surface area (Å²) >= 11 is 0. The third kappa shape index (κ3) is 2.89. The Labute approximate surface area is 96.5 Å². The van der Waals surface area contributed by atoms with E-state index in [0.29, 0.717) is 6.10 Å². The second kappa shape index (κ2) is 5.21. The molecule has 0 aromatic heterocycles. The van der Waals surface area contributed by atoms with Crippen LogP contribution in [0.4, 0.5) is 5.69 Å². The molecule has 0 aliphatic carbocycles. The van der Waals surface area contributed by atoms with Gasteiger partial charge in [0, 0.05) is 18.7 Å². The van der Waals surface area contributed by atoms with Crippen LogP contribution >= 0.6 is 0 Å². The van der Waals surface area contributed by atoms with Crippen molar-refractivity contribution in [3.05, 3.63) is 23.8 Å². The highest BCUT2D eigenvalue weighted by atomic mass is 16.5. The molecule has 0 spiro atoms. The highest BCUT2D eigenvalue weighted by Crippen LogP contribution is 2.21. The molecule has 1 aromatic carbocycles. The van der Waals surface area contributed by atoms with Gasteiger partial charge in [-0.25, -0.2) is 0 Å². The summed E-state index contributed by atoms with van der Waals surface area (Å²) in [4.78, 5) is 0. The lowest BCUT2D eigenvalue weighted by Crippen LogP contribution is -2.11. The minimum absolute atomic E-state index is 0.397. The molecule has 3 nitrogen and oxygen atoms in total. The number of hydrogen-bond acceptors (Lipinski definition) is 3. The predicted octanol–water partition coefficient (Wildman–Crippen LogP) is 2.53. The van der Waals surface area contributed by atoms with Gasteiger partial charge in [0.1, 0.15) is 5.75 Å². The molecular weight excluding hydrogens is 202 g/mol. The average molecular weight is 221 g/mol. The lowest BCUT2D eigenvalue weighted by Gasteiger charge is -2.12. The second-order valence-corrected chi connectivity index (χ2v) is 4.30. The number of nitrogens with two attached hydrogens (primary N) is 1. The van der Waals surface area contributed by atoms with Gasteiger partial charge < -0.3 is 15.2 Å². The van der Waals surface area contributed by atoms with Crippen molar-refractivity contribution in [1.29, 1.82) is 0 Å². The largest absolute Gasteiger partial charge is 0.493 e. The Kier molecular flexibility index (Phi) is 3.67. The van der Waals surface area contributed by atoms with Crippen molar-refractivity contribution in [3.63, 3.8) is 0 Å². The predicted molar refractivity (Wildman–Crippen MR) is 64.7 cm³/mol. The van der Waals surface area contributed by atoms with E-state index < -0.39 is 0 Å². The van der Waals surface area contributed by atoms with Gasteiger partial charge in [-0.2, -0.15) is 0 Å². The maximum absolute atomic E-state index is 5.72. The van der Waals surface area contributed by atoms with Crippen molar-refractivity contribution in [2.24, 2.45) is 0 Å². The Balaban J connectivity index is 1.80. The van der Waals surface area contributed by atoms with E-state index in [-0.39, 0.29) is 0 Å². The summed E-state index contributed by atoms with van der Waals surface area (Å²) in [6, 6.07) is 5.73. The van der Waals surface area contributed by atoms with Gasteiger partial charge >= 0.3 is 0 Å². The van der Waals surface area contributed by atoms with Crippen LogP contribution in [0.5, 0.6) is 5.75 Å². The van der Waals surface area contributed by atoms with Crippen LogP contribution in [0.3, 0.4) is 0 Å². The van der Waals surface area contributed by atoms with Crippen molar-refractivity contribution in [3.8, 4) is 5.75 Å². The van der Waals surface area contributed by atoms with Gasteiger partial charge in [0.05, 0.1) is 12.7 Å². The van der Waals surface area contributed by atoms with Crippen LogP contribution in [0, 0.1) is 6.92 Å². The Bertz CT molecular complexity index is 346. The minimum atomic E-state index is 0.397. The van der Waals surface area contributed by atoms with E-state index in [9.17, 15) is 0 Å². The van der Waals surface area contributed by atoms with E-state index in [0.717, 1.165) is 36.6 Å². The van der Waals surface area contributed by atoms with Crippen LogP contribution < -0.4 is 10.5 Å². The van der Waals surface area contributed by atoms with Crippen LogP contribution in [0.15, 0.2) is 18.2 Å². The lowest BCUT2D eigenvalue weighted by atomic mass is 10.2. The number of rotatable bonds is 4. The van der Waals surface area contributed by atoms with Crippen LogP contribution in [0.2, 0.25) is 0 Å². The third-order valence-corrected chi connectivity index (χ3v) is 2.92. The Morgan fingerprint density at radius 2 is 2.38 bits per heavy atom. The molecule has 1 unspecified atom stereocenters. The van der Waals surface area contributed by atoms with E-state index in [1.807, 2.05) is 25.1 Å². The highest BCUT2D eigenvalue weighted by molar-refractivity contribution is 5.47. The van der Waals surface area contributed by atoms with Crippen LogP contribution in [-0.2, 0) is 4.74 Å². The van der Waals surface area contributed by atoms with Gasteiger partial charge in [-0.05, 0) is 43.5 Å². The fraction of sp³-hybridized carbons (Fsp3) is 0.538. The quantitative estimate of drug-likeness (QED) is 0.794. The Hall–Kier alpha value is -1.22. The molecule has 1 aliphatic heterocycles. The van der Waals surface area contributed by atoms with Crippen molar-refractivity contribution >= 4 is 5.69 Å². The van der Waals surface area contributed by atoms with Gasteiger partial charge in [-0.1, -0.05) is 0 Å². The number of anilines is 1. The number of hydrogen-bond donors (Lipinski definition) is 1. The number of ether oxygens (including phenoxy) is 2. The summed E-state index contributed by atoms with van der Waals surface area (Å²) in [5, 5.41) is 0. The molecule has 1 atom stereocenters. The molecule has 2 N–H and O–H groups in total. The summed E-state index contributed by atoms with van der Waals surface area (Å²) in [5.41, 5.74) is 7.55. The molecule has 3 heteroatoms. The number of benzene rings is 1. The number of nitrogen functional groups attached to an aromatic ring is 1. The summed E-state index contributed by atoms with van der Waals surface area (Å²) in [7, 11) is 0. The molecule has 1 aromatic rings. The molecule has 16 heavy (non-hydrogen) atoms. The topological polar surface area (TPSA) is 44.5 Å². The summed E-state index contributed by atoms with van der Waals surface area (Å²) in [5.74, 6) is 0.923. The molecule has 1 fully saturated rings. The standard InChI is InChI=1S/C13H19NO2/c1-10-9-11(14)4-5-13(10)16-8-6-12-3-2-7-15-12/h4-5,9,12H,2-3,6-8,14H2,1H3. The second-order valence-electron chi connectivity index (χ2n) is 4.30. The van der Waals surface area contributed by atoms with E-state index >= 15 is 0 Å². The normalized spacial score (nSPS) is 19.9. The summed E-state index contributed by atoms with van der Waals surface area (Å²) in [6.45, 7) is 3.64. The van der Waals surface area contributed by atoms with E-state index in [1.54, 1.807) is 0 Å². The number of aryl methyl sites for hydroxylation is 1. The fourth-order valence-electron chi connectivity index (χ4n) is 2.01. The monoisotopic (exact) mass is 221 g/mol. The van der Waals surface area contributed by atoms with Crippen LogP contribution in [0.25, 0.3) is 0 Å². The molecular formula is C13H19NO2. The Morgan fingerprint density at radius 3 is 3.06 bits per heavy atom. The first-order valence-corrected chi connectivity index (χ1v) is 5.86. The zero-order valence-corrected chi connectivity index (χ0v) is 9.74. The zero-order valence-electron chi connectivity index (χ0n) is 9.74. The van der Waals surface area contributed by atoms with Gasteiger partial charge in [-0.15, -0.1) is 0 Å². The van der Waals surface area contributed by atoms with Crippen LogP contribution in [-0.4, -0.2) is 19.3 Å². The maximum atomic E-state index is 5.72. The maximum Gasteiger partial charge on any atom is 0.122 e. The van der Waals surface area contributed by atoms with Gasteiger partial charge in [0.15, 0.2) is 0 Å². The van der Waals surface area contributed by atoms with Crippen molar-refractivity contribution in [1.82, 2.24) is 0 Å². The summed E-state index contributed by atoms with van der Waals surface area (Å²) in [6.07, 6.45) is 3.73. The lowest BCUT2D eigenvalue weighted by molar-refractivity contribution is 0.0902. The molecule has 0 amide bonds. The highest BCUT2D eigenvalue weighted by Gasteiger charge is 2.15. The molecule has 1 heterocycles. The van der Waals surface area contributed by atoms with Crippen molar-refractivity contribution in [2.45, 2.75) is 32.3 Å². The first-order chi connectivity index (χ1) is 7.75. The van der Waals surface area contributed by atoms with Gasteiger partial charge in [0.2, 0.25) is 0 Å². The molecule has 2 rings (SSSR count). The van der Waals surface area contributed by atoms with E-state index in [4.69, 9.17) is 15.2 Å². The molecule has 1 saturated heterocycles. The molecule has 0 bridgehead atoms. The first-order valence-electron chi connectivity index (χ1n) is 5.86. The first kappa shape index (κ1) is 11.3. The zero-order chi connectivity index (χ0) is 11.4. The van der Waals surface area contributed by atoms with Crippen LogP contribution in [0.1, 0.15) is 24.8 Å². The Morgan fingerprint density at radius 1 is 1.50 bits per heavy atom. The molecule has 0 radical (unpaired) electrons. The van der Waals surface area contributed by atoms with Crippen molar-refractivity contribution in [2.75, 3.05) is 18.9 Å². The van der Waals surface area contributed by atoms with Crippen molar-refractivity contribution < 1.29 is 9.47 Å². The average Bonchev–Trinajstić information content (AvgIpc) is 2.74. The van der Waals surface area contributed by atoms with Gasteiger partial charge in [-0.3, -0.25) is 0 Å². The molecule has 88 valence electrons. The third-order valence-electron chi connectivity index (χ3n) is 2.92. The molecule has 0 saturated carbocycles. The van der Waals surface area contributed by atoms with E-state index in [2.05, 4.69) is 0 Å². The van der Waals surface area contributed by atoms with Gasteiger partial charge in [0.25, 0.3) is 0 Å².